The SMILES string of the molecule is CCCCCCCCCCCCOS(=O)(OCCCCCCCCCCCC)(c1ccccc1)c1ccccc1. The van der Waals surface area contributed by atoms with Gasteiger partial charge in [-0.25, -0.2) is 4.21 Å². The maximum Gasteiger partial charge on any atom is 0.140 e. The highest BCUT2D eigenvalue weighted by Crippen LogP contribution is 2.46. The van der Waals surface area contributed by atoms with Gasteiger partial charge in [0.1, 0.15) is 9.63 Å². The summed E-state index contributed by atoms with van der Waals surface area (Å²) in [6.45, 7) is 5.40. The predicted molar refractivity (Wildman–Crippen MR) is 173 cm³/mol. The lowest BCUT2D eigenvalue weighted by molar-refractivity contribution is 0.202. The van der Waals surface area contributed by atoms with Crippen LogP contribution in [0.5, 0.6) is 0 Å². The topological polar surface area (TPSA) is 35.5 Å². The number of hydrogen-bond acceptors (Lipinski definition) is 3. The van der Waals surface area contributed by atoms with Gasteiger partial charge >= 0.3 is 0 Å². The molecule has 0 unspecified atom stereocenters. The number of hydrogen-bond donors (Lipinski definition) is 0. The van der Waals surface area contributed by atoms with E-state index in [0.29, 0.717) is 23.0 Å². The van der Waals surface area contributed by atoms with Crippen LogP contribution < -0.4 is 0 Å². The fourth-order valence-electron chi connectivity index (χ4n) is 5.35. The van der Waals surface area contributed by atoms with Gasteiger partial charge in [0.25, 0.3) is 0 Å². The quantitative estimate of drug-likeness (QED) is 0.105. The lowest BCUT2D eigenvalue weighted by Crippen LogP contribution is -2.40. The van der Waals surface area contributed by atoms with Crippen molar-refractivity contribution in [3.8, 4) is 0 Å². The zero-order chi connectivity index (χ0) is 28.6. The summed E-state index contributed by atoms with van der Waals surface area (Å²) in [5.41, 5.74) is 0. The molecular weight excluding hydrogens is 512 g/mol. The van der Waals surface area contributed by atoms with Gasteiger partial charge in [-0.3, -0.25) is 8.37 Å². The van der Waals surface area contributed by atoms with Gasteiger partial charge in [0, 0.05) is 0 Å². The molecule has 0 aliphatic rings. The lowest BCUT2D eigenvalue weighted by Gasteiger charge is -2.42. The van der Waals surface area contributed by atoms with E-state index in [9.17, 15) is 0 Å². The molecule has 0 amide bonds. The second kappa shape index (κ2) is 21.2. The smallest absolute Gasteiger partial charge is 0.140 e. The molecule has 0 aliphatic carbocycles. The average molecular weight is 573 g/mol. The normalized spacial score (nSPS) is 12.8. The van der Waals surface area contributed by atoms with Gasteiger partial charge in [0.2, 0.25) is 0 Å². The zero-order valence-corrected chi connectivity index (χ0v) is 26.8. The van der Waals surface area contributed by atoms with Crippen molar-refractivity contribution in [3.63, 3.8) is 0 Å². The molecule has 40 heavy (non-hydrogen) atoms. The molecule has 0 radical (unpaired) electrons. The van der Waals surface area contributed by atoms with Crippen LogP contribution in [0.15, 0.2) is 70.5 Å². The lowest BCUT2D eigenvalue weighted by atomic mass is 10.1. The van der Waals surface area contributed by atoms with E-state index in [1.807, 2.05) is 60.7 Å². The molecule has 2 rings (SSSR count). The van der Waals surface area contributed by atoms with Crippen LogP contribution in [0.2, 0.25) is 0 Å². The fraction of sp³-hybridized carbons (Fsp3) is 0.667. The van der Waals surface area contributed by atoms with Crippen molar-refractivity contribution in [2.45, 2.75) is 152 Å². The van der Waals surface area contributed by atoms with Crippen LogP contribution in [0.4, 0.5) is 0 Å². The summed E-state index contributed by atoms with van der Waals surface area (Å²) in [6, 6.07) is 19.2. The summed E-state index contributed by atoms with van der Waals surface area (Å²) in [4.78, 5) is 1.26. The minimum absolute atomic E-state index is 0.434. The van der Waals surface area contributed by atoms with Gasteiger partial charge in [0.15, 0.2) is 0 Å². The zero-order valence-electron chi connectivity index (χ0n) is 26.0. The predicted octanol–water partition coefficient (Wildman–Crippen LogP) is 11.6. The average Bonchev–Trinajstić information content (AvgIpc) is 3.00. The van der Waals surface area contributed by atoms with Crippen LogP contribution in [-0.4, -0.2) is 17.4 Å². The van der Waals surface area contributed by atoms with Gasteiger partial charge < -0.3 is 0 Å². The molecule has 0 aromatic heterocycles. The maximum atomic E-state index is 15.3. The van der Waals surface area contributed by atoms with E-state index in [-0.39, 0.29) is 0 Å². The summed E-state index contributed by atoms with van der Waals surface area (Å²) in [7, 11) is -4.17. The molecule has 0 heterocycles. The second-order valence-corrected chi connectivity index (χ2v) is 14.5. The van der Waals surface area contributed by atoms with Gasteiger partial charge in [-0.1, -0.05) is 166 Å². The first-order valence-electron chi connectivity index (χ1n) is 16.7. The Labute approximate surface area is 247 Å². The van der Waals surface area contributed by atoms with Crippen molar-refractivity contribution < 1.29 is 12.6 Å². The van der Waals surface area contributed by atoms with Crippen LogP contribution in [0.1, 0.15) is 142 Å². The summed E-state index contributed by atoms with van der Waals surface area (Å²) in [6.07, 6.45) is 25.1. The van der Waals surface area contributed by atoms with Crippen molar-refractivity contribution in [2.24, 2.45) is 0 Å². The molecule has 2 aromatic rings. The largest absolute Gasteiger partial charge is 0.285 e. The number of rotatable bonds is 26. The van der Waals surface area contributed by atoms with Crippen LogP contribution in [0, 0.1) is 0 Å². The molecule has 0 saturated carbocycles. The Kier molecular flexibility index (Phi) is 18.4. The maximum absolute atomic E-state index is 15.3. The van der Waals surface area contributed by atoms with Gasteiger partial charge in [0.05, 0.1) is 23.0 Å². The van der Waals surface area contributed by atoms with E-state index in [1.54, 1.807) is 0 Å². The minimum Gasteiger partial charge on any atom is -0.285 e. The Morgan fingerprint density at radius 2 is 0.700 bits per heavy atom. The first-order valence-corrected chi connectivity index (χ1v) is 18.5. The Morgan fingerprint density at radius 3 is 1.00 bits per heavy atom. The van der Waals surface area contributed by atoms with Crippen LogP contribution >= 0.6 is 0 Å². The highest BCUT2D eigenvalue weighted by Gasteiger charge is 2.43. The molecule has 0 saturated heterocycles. The molecule has 0 N–H and O–H groups in total. The second-order valence-electron chi connectivity index (χ2n) is 11.4. The molecular formula is C36H60O3S. The van der Waals surface area contributed by atoms with Crippen LogP contribution in [0.25, 0.3) is 0 Å². The summed E-state index contributed by atoms with van der Waals surface area (Å²) in [5.74, 6) is 0. The van der Waals surface area contributed by atoms with Gasteiger partial charge in [-0.05, 0) is 37.1 Å². The monoisotopic (exact) mass is 572 g/mol. The molecule has 0 atom stereocenters. The van der Waals surface area contributed by atoms with Crippen molar-refractivity contribution in [3.05, 3.63) is 60.7 Å². The highest BCUT2D eigenvalue weighted by atomic mass is 32.3. The van der Waals surface area contributed by atoms with E-state index in [1.165, 1.54) is 103 Å². The number of unbranched alkanes of at least 4 members (excludes halogenated alkanes) is 18. The highest BCUT2D eigenvalue weighted by molar-refractivity contribution is 8.12. The van der Waals surface area contributed by atoms with E-state index in [4.69, 9.17) is 8.37 Å². The molecule has 2 aromatic carbocycles. The third-order valence-corrected chi connectivity index (χ3v) is 11.3. The molecule has 0 fully saturated rings. The third-order valence-electron chi connectivity index (χ3n) is 7.89. The summed E-state index contributed by atoms with van der Waals surface area (Å²) >= 11 is 0. The molecule has 0 aliphatic heterocycles. The van der Waals surface area contributed by atoms with E-state index in [2.05, 4.69) is 13.8 Å². The Hall–Kier alpha value is -1.49. The molecule has 228 valence electrons. The molecule has 4 heteroatoms. The molecule has 3 nitrogen and oxygen atoms in total. The van der Waals surface area contributed by atoms with E-state index < -0.39 is 9.63 Å². The van der Waals surface area contributed by atoms with E-state index in [0.717, 1.165) is 25.7 Å². The fourth-order valence-corrected chi connectivity index (χ4v) is 8.33. The van der Waals surface area contributed by atoms with Crippen molar-refractivity contribution in [2.75, 3.05) is 13.2 Å². The Morgan fingerprint density at radius 1 is 0.425 bits per heavy atom. The third kappa shape index (κ3) is 12.6. The first-order chi connectivity index (χ1) is 19.6. The van der Waals surface area contributed by atoms with Crippen molar-refractivity contribution in [1.29, 1.82) is 0 Å². The number of benzene rings is 2. The molecule has 0 spiro atoms. The van der Waals surface area contributed by atoms with Crippen molar-refractivity contribution >= 4 is 9.63 Å². The van der Waals surface area contributed by atoms with Crippen LogP contribution in [0.3, 0.4) is 0 Å². The molecule has 0 bridgehead atoms. The van der Waals surface area contributed by atoms with Gasteiger partial charge in [-0.15, -0.1) is 0 Å². The minimum atomic E-state index is -4.17. The van der Waals surface area contributed by atoms with Crippen molar-refractivity contribution in [1.82, 2.24) is 0 Å². The Balaban J connectivity index is 1.91. The summed E-state index contributed by atoms with van der Waals surface area (Å²) in [5, 5.41) is 0. The van der Waals surface area contributed by atoms with Crippen LogP contribution in [-0.2, 0) is 18.0 Å². The summed E-state index contributed by atoms with van der Waals surface area (Å²) < 4.78 is 28.2. The first kappa shape index (κ1) is 34.7. The Bertz CT molecular complexity index is 837. The van der Waals surface area contributed by atoms with Gasteiger partial charge in [-0.2, -0.15) is 0 Å². The standard InChI is InChI=1S/C36H60O3S/c1-3-5-7-9-11-13-15-17-19-27-33-38-40(37,35-29-23-21-24-30-35,36-31-25-22-26-32-36)39-34-28-20-18-16-14-12-10-8-6-4-2/h21-26,29-32H,3-20,27-28,33-34H2,1-2H3. The van der Waals surface area contributed by atoms with E-state index >= 15 is 4.21 Å².